The fraction of sp³-hybridized carbons (Fsp3) is 0.556. The highest BCUT2D eigenvalue weighted by molar-refractivity contribution is 7.99. The molecule has 0 aromatic heterocycles. The van der Waals surface area contributed by atoms with E-state index in [1.807, 2.05) is 24.3 Å². The smallest absolute Gasteiger partial charge is 0.490 e. The first kappa shape index (κ1) is 22.4. The summed E-state index contributed by atoms with van der Waals surface area (Å²) >= 11 is 1.71. The van der Waals surface area contributed by atoms with Crippen LogP contribution in [-0.4, -0.2) is 56.3 Å². The van der Waals surface area contributed by atoms with Crippen LogP contribution in [0.25, 0.3) is 0 Å². The average Bonchev–Trinajstić information content (AvgIpc) is 3.12. The zero-order chi connectivity index (χ0) is 20.7. The van der Waals surface area contributed by atoms with Crippen molar-refractivity contribution in [2.45, 2.75) is 42.2 Å². The van der Waals surface area contributed by atoms with Crippen molar-refractivity contribution in [3.63, 3.8) is 0 Å². The molecule has 10 heteroatoms. The van der Waals surface area contributed by atoms with Crippen molar-refractivity contribution in [2.75, 3.05) is 20.8 Å². The van der Waals surface area contributed by atoms with E-state index in [1.165, 1.54) is 0 Å². The summed E-state index contributed by atoms with van der Waals surface area (Å²) in [6, 6.07) is 7.44. The van der Waals surface area contributed by atoms with E-state index in [4.69, 9.17) is 4.74 Å². The second kappa shape index (κ2) is 10.0. The molecule has 1 N–H and O–H groups in total. The fourth-order valence-corrected chi connectivity index (χ4v) is 4.01. The Morgan fingerprint density at radius 2 is 1.93 bits per heavy atom. The van der Waals surface area contributed by atoms with Gasteiger partial charge in [0.2, 0.25) is 6.10 Å². The highest BCUT2D eigenvalue weighted by Gasteiger charge is 2.44. The lowest BCUT2D eigenvalue weighted by atomic mass is 10.1. The Morgan fingerprint density at radius 3 is 2.50 bits per heavy atom. The van der Waals surface area contributed by atoms with Gasteiger partial charge in [-0.25, -0.2) is 9.59 Å². The largest absolute Gasteiger partial charge is 0.497 e. The summed E-state index contributed by atoms with van der Waals surface area (Å²) in [5, 5.41) is 3.39. The minimum absolute atomic E-state index is 0.0753. The Labute approximate surface area is 165 Å². The third-order valence-electron chi connectivity index (χ3n) is 4.27. The topological polar surface area (TPSA) is 73.9 Å². The number of esters is 2. The molecule has 1 saturated heterocycles. The van der Waals surface area contributed by atoms with Crippen molar-refractivity contribution in [3.8, 4) is 5.75 Å². The summed E-state index contributed by atoms with van der Waals surface area (Å²) in [5.74, 6) is -1.86. The van der Waals surface area contributed by atoms with Gasteiger partial charge in [0.1, 0.15) is 5.75 Å². The van der Waals surface area contributed by atoms with Gasteiger partial charge in [-0.3, -0.25) is 0 Å². The minimum Gasteiger partial charge on any atom is -0.497 e. The quantitative estimate of drug-likeness (QED) is 0.647. The Bertz CT molecular complexity index is 668. The Balaban J connectivity index is 1.84. The third-order valence-corrected chi connectivity index (χ3v) is 5.60. The van der Waals surface area contributed by atoms with Crippen LogP contribution < -0.4 is 10.1 Å². The van der Waals surface area contributed by atoms with Gasteiger partial charge < -0.3 is 19.5 Å². The number of methoxy groups -OCH3 is 2. The normalized spacial score (nSPS) is 20.5. The van der Waals surface area contributed by atoms with Crippen molar-refractivity contribution >= 4 is 23.7 Å². The second-order valence-corrected chi connectivity index (χ2v) is 7.56. The molecule has 1 aliphatic heterocycles. The molecule has 28 heavy (non-hydrogen) atoms. The van der Waals surface area contributed by atoms with Crippen LogP contribution in [0.4, 0.5) is 13.2 Å². The molecule has 0 amide bonds. The number of thioether (sulfide) groups is 1. The number of nitrogens with one attached hydrogen (secondary N) is 1. The van der Waals surface area contributed by atoms with E-state index in [9.17, 15) is 22.8 Å². The number of carbonyl (C=O) groups is 2. The van der Waals surface area contributed by atoms with Crippen molar-refractivity contribution in [1.82, 2.24) is 5.32 Å². The van der Waals surface area contributed by atoms with Gasteiger partial charge in [-0.2, -0.15) is 24.9 Å². The zero-order valence-electron chi connectivity index (χ0n) is 15.5. The van der Waals surface area contributed by atoms with Gasteiger partial charge in [0.15, 0.2) is 0 Å². The highest BCUT2D eigenvalue weighted by atomic mass is 32.2. The van der Waals surface area contributed by atoms with Gasteiger partial charge in [0.25, 0.3) is 0 Å². The molecule has 0 saturated carbocycles. The molecule has 1 heterocycles. The maximum absolute atomic E-state index is 12.4. The first-order valence-corrected chi connectivity index (χ1v) is 9.61. The predicted molar refractivity (Wildman–Crippen MR) is 97.1 cm³/mol. The van der Waals surface area contributed by atoms with Gasteiger partial charge in [-0.05, 0) is 24.1 Å². The molecule has 156 valence electrons. The summed E-state index contributed by atoms with van der Waals surface area (Å²) in [4.78, 5) is 22.7. The van der Waals surface area contributed by atoms with Crippen LogP contribution in [0.2, 0.25) is 0 Å². The predicted octanol–water partition coefficient (Wildman–Crippen LogP) is 2.70. The number of alkyl halides is 3. The first-order chi connectivity index (χ1) is 13.2. The molecule has 3 atom stereocenters. The number of carbonyl (C=O) groups excluding carboxylic acids is 2. The average molecular weight is 421 g/mol. The Morgan fingerprint density at radius 1 is 1.25 bits per heavy atom. The molecule has 2 rings (SSSR count). The van der Waals surface area contributed by atoms with Crippen LogP contribution >= 0.6 is 11.8 Å². The molecule has 0 bridgehead atoms. The number of ether oxygens (including phenoxy) is 3. The van der Waals surface area contributed by atoms with Crippen LogP contribution in [-0.2, 0) is 24.8 Å². The molecular formula is C18H22F3NO5S. The highest BCUT2D eigenvalue weighted by Crippen LogP contribution is 2.28. The molecule has 0 radical (unpaired) electrons. The minimum atomic E-state index is -5.16. The van der Waals surface area contributed by atoms with Gasteiger partial charge in [-0.15, -0.1) is 0 Å². The van der Waals surface area contributed by atoms with E-state index < -0.39 is 24.2 Å². The molecule has 1 fully saturated rings. The van der Waals surface area contributed by atoms with E-state index in [0.29, 0.717) is 13.0 Å². The zero-order valence-corrected chi connectivity index (χ0v) is 16.3. The lowest BCUT2D eigenvalue weighted by Crippen LogP contribution is -2.38. The van der Waals surface area contributed by atoms with E-state index in [0.717, 1.165) is 24.2 Å². The van der Waals surface area contributed by atoms with Crippen LogP contribution in [0.15, 0.2) is 24.3 Å². The molecule has 1 unspecified atom stereocenters. The summed E-state index contributed by atoms with van der Waals surface area (Å²) in [5.41, 5.74) is 1.13. The van der Waals surface area contributed by atoms with Gasteiger partial charge >= 0.3 is 18.1 Å². The van der Waals surface area contributed by atoms with Gasteiger partial charge in [-0.1, -0.05) is 12.1 Å². The van der Waals surface area contributed by atoms with Gasteiger partial charge in [0, 0.05) is 30.0 Å². The monoisotopic (exact) mass is 421 g/mol. The molecule has 6 nitrogen and oxygen atoms in total. The summed E-state index contributed by atoms with van der Waals surface area (Å²) in [6.07, 6.45) is -6.19. The summed E-state index contributed by atoms with van der Waals surface area (Å²) < 4.78 is 51.1. The maximum atomic E-state index is 12.4. The Hall–Kier alpha value is -1.94. The molecule has 1 aliphatic rings. The summed E-state index contributed by atoms with van der Waals surface area (Å²) in [7, 11) is 2.63. The fourth-order valence-electron chi connectivity index (χ4n) is 2.80. The molecular weight excluding hydrogens is 399 g/mol. The molecule has 0 spiro atoms. The Kier molecular flexibility index (Phi) is 7.99. The van der Waals surface area contributed by atoms with Crippen molar-refractivity contribution < 1.29 is 37.0 Å². The standard InChI is InChI=1S/C18H22F3NO5S/c1-25-13-5-3-11(4-6-13)10-28-14-7-12(22-9-14)8-15(16(23)26-2)27-17(24)18(19,20)21/h3-6,12,14-15,22H,7-10H2,1-2H3/t12-,14+,15?/m0/s1. The lowest BCUT2D eigenvalue weighted by Gasteiger charge is -2.20. The summed E-state index contributed by atoms with van der Waals surface area (Å²) in [6.45, 7) is 0.645. The SMILES string of the molecule is COC(=O)C(C[C@@H]1C[C@@H](SCc2ccc(OC)cc2)CN1)OC(=O)C(F)(F)F. The first-order valence-electron chi connectivity index (χ1n) is 8.56. The third kappa shape index (κ3) is 6.59. The number of halogens is 3. The van der Waals surface area contributed by atoms with Crippen molar-refractivity contribution in [3.05, 3.63) is 29.8 Å². The lowest BCUT2D eigenvalue weighted by molar-refractivity contribution is -0.208. The van der Waals surface area contributed by atoms with Crippen LogP contribution in [0, 0.1) is 0 Å². The van der Waals surface area contributed by atoms with E-state index in [1.54, 1.807) is 18.9 Å². The number of hydrogen-bond acceptors (Lipinski definition) is 7. The second-order valence-electron chi connectivity index (χ2n) is 6.27. The maximum Gasteiger partial charge on any atom is 0.490 e. The van der Waals surface area contributed by atoms with Crippen molar-refractivity contribution in [1.29, 1.82) is 0 Å². The number of rotatable bonds is 8. The van der Waals surface area contributed by atoms with Crippen molar-refractivity contribution in [2.24, 2.45) is 0 Å². The van der Waals surface area contributed by atoms with E-state index >= 15 is 0 Å². The number of benzene rings is 1. The van der Waals surface area contributed by atoms with E-state index in [2.05, 4.69) is 14.8 Å². The molecule has 1 aromatic rings. The van der Waals surface area contributed by atoms with E-state index in [-0.39, 0.29) is 17.7 Å². The number of hydrogen-bond donors (Lipinski definition) is 1. The van der Waals surface area contributed by atoms with Gasteiger partial charge in [0.05, 0.1) is 14.2 Å². The van der Waals surface area contributed by atoms with Crippen LogP contribution in [0.3, 0.4) is 0 Å². The van der Waals surface area contributed by atoms with Crippen LogP contribution in [0.5, 0.6) is 5.75 Å². The molecule has 0 aliphatic carbocycles. The molecule has 1 aromatic carbocycles. The van der Waals surface area contributed by atoms with Crippen LogP contribution in [0.1, 0.15) is 18.4 Å².